The lowest BCUT2D eigenvalue weighted by molar-refractivity contribution is 0.0643. The number of amides is 1. The molecule has 0 spiro atoms. The number of likely N-dealkylation sites (N-methyl/N-ethyl adjacent to an activating group) is 1. The van der Waals surface area contributed by atoms with Crippen LogP contribution in [0.2, 0.25) is 0 Å². The van der Waals surface area contributed by atoms with Gasteiger partial charge in [-0.25, -0.2) is 0 Å². The number of hydrogen-bond acceptors (Lipinski definition) is 2. The van der Waals surface area contributed by atoms with Crippen LogP contribution >= 0.6 is 0 Å². The highest BCUT2D eigenvalue weighted by atomic mass is 16.2. The van der Waals surface area contributed by atoms with E-state index in [-0.39, 0.29) is 5.91 Å². The summed E-state index contributed by atoms with van der Waals surface area (Å²) in [5.74, 6) is 0.152. The summed E-state index contributed by atoms with van der Waals surface area (Å²) in [5.41, 5.74) is 1.87. The van der Waals surface area contributed by atoms with Crippen molar-refractivity contribution in [2.24, 2.45) is 0 Å². The summed E-state index contributed by atoms with van der Waals surface area (Å²) in [5, 5.41) is 1.10. The van der Waals surface area contributed by atoms with Gasteiger partial charge in [0.1, 0.15) is 0 Å². The second kappa shape index (κ2) is 5.05. The lowest BCUT2D eigenvalue weighted by atomic mass is 10.1. The Hall–Kier alpha value is -1.81. The number of carbonyl (C=O) groups excluding carboxylic acids is 1. The molecule has 1 aliphatic heterocycles. The maximum absolute atomic E-state index is 12.5. The molecule has 0 unspecified atom stereocenters. The van der Waals surface area contributed by atoms with E-state index in [0.29, 0.717) is 0 Å². The third-order valence-corrected chi connectivity index (χ3v) is 3.91. The first-order valence-corrected chi connectivity index (χ1v) is 6.86. The van der Waals surface area contributed by atoms with Crippen molar-refractivity contribution in [3.05, 3.63) is 36.0 Å². The zero-order valence-electron chi connectivity index (χ0n) is 11.2. The van der Waals surface area contributed by atoms with Crippen LogP contribution in [0.1, 0.15) is 17.3 Å². The van der Waals surface area contributed by atoms with E-state index in [1.165, 1.54) is 0 Å². The molecular weight excluding hydrogens is 238 g/mol. The zero-order valence-corrected chi connectivity index (χ0v) is 11.2. The van der Waals surface area contributed by atoms with E-state index >= 15 is 0 Å². The molecule has 2 aromatic rings. The summed E-state index contributed by atoms with van der Waals surface area (Å²) in [6.45, 7) is 6.85. The molecular formula is C15H19N3O. The van der Waals surface area contributed by atoms with E-state index < -0.39 is 0 Å². The first kappa shape index (κ1) is 12.2. The Morgan fingerprint density at radius 1 is 1.21 bits per heavy atom. The molecule has 1 amide bonds. The summed E-state index contributed by atoms with van der Waals surface area (Å²) in [6, 6.07) is 7.86. The van der Waals surface area contributed by atoms with E-state index in [0.717, 1.165) is 49.2 Å². The number of aromatic nitrogens is 1. The Kier molecular flexibility index (Phi) is 3.25. The maximum atomic E-state index is 12.5. The number of nitrogens with one attached hydrogen (secondary N) is 1. The van der Waals surface area contributed by atoms with Crippen LogP contribution in [0.4, 0.5) is 0 Å². The van der Waals surface area contributed by atoms with Crippen molar-refractivity contribution in [3.8, 4) is 0 Å². The van der Waals surface area contributed by atoms with Crippen molar-refractivity contribution in [2.45, 2.75) is 6.92 Å². The van der Waals surface area contributed by atoms with Gasteiger partial charge in [-0.3, -0.25) is 4.79 Å². The van der Waals surface area contributed by atoms with E-state index in [2.05, 4.69) is 16.8 Å². The fourth-order valence-corrected chi connectivity index (χ4v) is 2.64. The molecule has 0 atom stereocenters. The summed E-state index contributed by atoms with van der Waals surface area (Å²) in [7, 11) is 0. The lowest BCUT2D eigenvalue weighted by Crippen LogP contribution is -2.48. The van der Waals surface area contributed by atoms with Crippen molar-refractivity contribution in [1.29, 1.82) is 0 Å². The number of piperazine rings is 1. The summed E-state index contributed by atoms with van der Waals surface area (Å²) in [4.78, 5) is 19.9. The van der Waals surface area contributed by atoms with E-state index in [1.807, 2.05) is 35.4 Å². The van der Waals surface area contributed by atoms with Gasteiger partial charge in [0.05, 0.1) is 0 Å². The number of carbonyl (C=O) groups is 1. The number of benzene rings is 1. The molecule has 100 valence electrons. The highest BCUT2D eigenvalue weighted by Crippen LogP contribution is 2.16. The van der Waals surface area contributed by atoms with Crippen LogP contribution in [-0.4, -0.2) is 53.4 Å². The Bertz CT molecular complexity index is 582. The minimum atomic E-state index is 0.152. The van der Waals surface area contributed by atoms with Crippen LogP contribution in [0.25, 0.3) is 10.9 Å². The number of aromatic amines is 1. The highest BCUT2D eigenvalue weighted by molar-refractivity contribution is 5.98. The molecule has 0 bridgehead atoms. The normalized spacial score (nSPS) is 17.0. The molecule has 0 aliphatic carbocycles. The second-order valence-electron chi connectivity index (χ2n) is 5.01. The third kappa shape index (κ3) is 2.36. The summed E-state index contributed by atoms with van der Waals surface area (Å²) in [6.07, 6.45) is 1.90. The smallest absolute Gasteiger partial charge is 0.253 e. The number of rotatable bonds is 2. The fourth-order valence-electron chi connectivity index (χ4n) is 2.64. The average Bonchev–Trinajstić information content (AvgIpc) is 2.94. The molecule has 1 saturated heterocycles. The Morgan fingerprint density at radius 2 is 2.00 bits per heavy atom. The van der Waals surface area contributed by atoms with E-state index in [4.69, 9.17) is 0 Å². The Morgan fingerprint density at radius 3 is 2.74 bits per heavy atom. The molecule has 19 heavy (non-hydrogen) atoms. The molecule has 4 nitrogen and oxygen atoms in total. The van der Waals surface area contributed by atoms with Crippen molar-refractivity contribution < 1.29 is 4.79 Å². The molecule has 1 N–H and O–H groups in total. The molecule has 2 heterocycles. The fraction of sp³-hybridized carbons (Fsp3) is 0.400. The van der Waals surface area contributed by atoms with Gasteiger partial charge >= 0.3 is 0 Å². The molecule has 0 radical (unpaired) electrons. The van der Waals surface area contributed by atoms with E-state index in [1.54, 1.807) is 0 Å². The Balaban J connectivity index is 1.76. The van der Waals surface area contributed by atoms with Crippen LogP contribution in [-0.2, 0) is 0 Å². The monoisotopic (exact) mass is 257 g/mol. The molecule has 1 aliphatic rings. The van der Waals surface area contributed by atoms with Crippen LogP contribution in [0.15, 0.2) is 30.5 Å². The standard InChI is InChI=1S/C15H19N3O/c1-2-17-7-9-18(10-8-17)15(19)13-3-4-14-12(11-13)5-6-16-14/h3-6,11,16H,2,7-10H2,1H3. The second-order valence-corrected chi connectivity index (χ2v) is 5.01. The summed E-state index contributed by atoms with van der Waals surface area (Å²) < 4.78 is 0. The van der Waals surface area contributed by atoms with Gasteiger partial charge in [0.2, 0.25) is 0 Å². The minimum Gasteiger partial charge on any atom is -0.361 e. The number of nitrogens with zero attached hydrogens (tertiary/aromatic N) is 2. The van der Waals surface area contributed by atoms with Crippen molar-refractivity contribution in [3.63, 3.8) is 0 Å². The van der Waals surface area contributed by atoms with Gasteiger partial charge in [0.25, 0.3) is 5.91 Å². The van der Waals surface area contributed by atoms with Crippen LogP contribution in [0, 0.1) is 0 Å². The van der Waals surface area contributed by atoms with Gasteiger partial charge in [0, 0.05) is 48.8 Å². The molecule has 0 saturated carbocycles. The van der Waals surface area contributed by atoms with Crippen molar-refractivity contribution in [1.82, 2.24) is 14.8 Å². The molecule has 1 fully saturated rings. The largest absolute Gasteiger partial charge is 0.361 e. The topological polar surface area (TPSA) is 39.3 Å². The quantitative estimate of drug-likeness (QED) is 0.893. The highest BCUT2D eigenvalue weighted by Gasteiger charge is 2.21. The van der Waals surface area contributed by atoms with Crippen LogP contribution < -0.4 is 0 Å². The number of hydrogen-bond donors (Lipinski definition) is 1. The predicted octanol–water partition coefficient (Wildman–Crippen LogP) is 1.95. The van der Waals surface area contributed by atoms with Gasteiger partial charge in [-0.2, -0.15) is 0 Å². The number of H-pyrrole nitrogens is 1. The average molecular weight is 257 g/mol. The molecule has 4 heteroatoms. The molecule has 3 rings (SSSR count). The molecule has 1 aromatic heterocycles. The van der Waals surface area contributed by atoms with Gasteiger partial charge in [0.15, 0.2) is 0 Å². The van der Waals surface area contributed by atoms with Crippen molar-refractivity contribution in [2.75, 3.05) is 32.7 Å². The van der Waals surface area contributed by atoms with Gasteiger partial charge < -0.3 is 14.8 Å². The Labute approximate surface area is 113 Å². The summed E-state index contributed by atoms with van der Waals surface area (Å²) >= 11 is 0. The predicted molar refractivity (Wildman–Crippen MR) is 76.3 cm³/mol. The first-order valence-electron chi connectivity index (χ1n) is 6.86. The van der Waals surface area contributed by atoms with Gasteiger partial charge in [-0.15, -0.1) is 0 Å². The molecule has 1 aromatic carbocycles. The van der Waals surface area contributed by atoms with Crippen molar-refractivity contribution >= 4 is 16.8 Å². The lowest BCUT2D eigenvalue weighted by Gasteiger charge is -2.34. The van der Waals surface area contributed by atoms with Crippen LogP contribution in [0.3, 0.4) is 0 Å². The third-order valence-electron chi connectivity index (χ3n) is 3.91. The minimum absolute atomic E-state index is 0.152. The van der Waals surface area contributed by atoms with Crippen LogP contribution in [0.5, 0.6) is 0 Å². The van der Waals surface area contributed by atoms with Gasteiger partial charge in [-0.05, 0) is 30.8 Å². The zero-order chi connectivity index (χ0) is 13.2. The SMILES string of the molecule is CCN1CCN(C(=O)c2ccc3[nH]ccc3c2)CC1. The first-order chi connectivity index (χ1) is 9.28. The number of fused-ring (bicyclic) bond motifs is 1. The van der Waals surface area contributed by atoms with Gasteiger partial charge in [-0.1, -0.05) is 6.92 Å². The maximum Gasteiger partial charge on any atom is 0.253 e. The van der Waals surface area contributed by atoms with E-state index in [9.17, 15) is 4.79 Å².